The Labute approximate surface area is 112 Å². The average Bonchev–Trinajstić information content (AvgIpc) is 2.38. The Hall–Kier alpha value is -1.61. The molecule has 0 amide bonds. The van der Waals surface area contributed by atoms with Gasteiger partial charge in [0, 0.05) is 11.1 Å². The molecule has 4 heteroatoms. The molecule has 1 aromatic heterocycles. The van der Waals surface area contributed by atoms with Crippen molar-refractivity contribution in [3.63, 3.8) is 0 Å². The maximum atomic E-state index is 6.19. The van der Waals surface area contributed by atoms with Crippen molar-refractivity contribution < 1.29 is 0 Å². The Balaban J connectivity index is 2.50. The lowest BCUT2D eigenvalue weighted by Gasteiger charge is -2.10. The smallest absolute Gasteiger partial charge is 0.222 e. The van der Waals surface area contributed by atoms with E-state index in [0.29, 0.717) is 5.15 Å². The summed E-state index contributed by atoms with van der Waals surface area (Å²) in [6, 6.07) is 9.94. The first-order chi connectivity index (χ1) is 8.72. The maximum Gasteiger partial charge on any atom is 0.222 e. The number of aromatic nitrogens is 2. The third kappa shape index (κ3) is 2.79. The summed E-state index contributed by atoms with van der Waals surface area (Å²) in [7, 11) is 0. The van der Waals surface area contributed by atoms with Gasteiger partial charge in [0.05, 0.1) is 5.69 Å². The summed E-state index contributed by atoms with van der Waals surface area (Å²) in [5.41, 5.74) is 8.55. The van der Waals surface area contributed by atoms with Gasteiger partial charge < -0.3 is 5.73 Å². The minimum absolute atomic E-state index is 0.221. The number of rotatable bonds is 4. The van der Waals surface area contributed by atoms with E-state index in [9.17, 15) is 0 Å². The lowest BCUT2D eigenvalue weighted by molar-refractivity contribution is 0.790. The van der Waals surface area contributed by atoms with E-state index in [0.717, 1.165) is 36.1 Å². The predicted octanol–water partition coefficient (Wildman–Crippen LogP) is 3.72. The quantitative estimate of drug-likeness (QED) is 0.854. The van der Waals surface area contributed by atoms with Crippen LogP contribution in [-0.2, 0) is 6.42 Å². The predicted molar refractivity (Wildman–Crippen MR) is 75.5 cm³/mol. The van der Waals surface area contributed by atoms with Crippen LogP contribution in [-0.4, -0.2) is 9.97 Å². The van der Waals surface area contributed by atoms with Crippen molar-refractivity contribution in [2.45, 2.75) is 26.2 Å². The Morgan fingerprint density at radius 2 is 1.89 bits per heavy atom. The van der Waals surface area contributed by atoms with E-state index in [1.54, 1.807) is 0 Å². The average molecular weight is 262 g/mol. The number of benzene rings is 1. The molecular weight excluding hydrogens is 246 g/mol. The number of nitrogen functional groups attached to an aromatic ring is 1. The van der Waals surface area contributed by atoms with Crippen LogP contribution in [0.15, 0.2) is 30.3 Å². The van der Waals surface area contributed by atoms with Crippen LogP contribution in [0.1, 0.15) is 25.3 Å². The van der Waals surface area contributed by atoms with E-state index < -0.39 is 0 Å². The van der Waals surface area contributed by atoms with Gasteiger partial charge in [0.15, 0.2) is 0 Å². The molecular formula is C14H16ClN3. The molecule has 0 saturated carbocycles. The molecule has 2 aromatic rings. The highest BCUT2D eigenvalue weighted by atomic mass is 35.5. The van der Waals surface area contributed by atoms with Gasteiger partial charge in [0.2, 0.25) is 5.95 Å². The standard InChI is InChI=1S/C14H16ClN3/c1-2-3-9-11-12(10-7-5-4-6-8-10)17-14(16)18-13(11)15/h4-8H,2-3,9H2,1H3,(H2,16,17,18). The first-order valence-electron chi connectivity index (χ1n) is 6.09. The summed E-state index contributed by atoms with van der Waals surface area (Å²) in [5, 5.41) is 0.467. The van der Waals surface area contributed by atoms with E-state index in [-0.39, 0.29) is 5.95 Å². The third-order valence-electron chi connectivity index (χ3n) is 2.80. The molecule has 0 bridgehead atoms. The Morgan fingerprint density at radius 3 is 2.56 bits per heavy atom. The molecule has 0 unspecified atom stereocenters. The van der Waals surface area contributed by atoms with E-state index in [1.165, 1.54) is 0 Å². The Kier molecular flexibility index (Phi) is 4.15. The van der Waals surface area contributed by atoms with Crippen LogP contribution in [0.5, 0.6) is 0 Å². The molecule has 0 atom stereocenters. The Bertz CT molecular complexity index is 526. The summed E-state index contributed by atoms with van der Waals surface area (Å²) in [6.07, 6.45) is 3.04. The third-order valence-corrected chi connectivity index (χ3v) is 3.11. The molecule has 1 aromatic carbocycles. The molecule has 0 saturated heterocycles. The second-order valence-corrected chi connectivity index (χ2v) is 4.53. The van der Waals surface area contributed by atoms with E-state index >= 15 is 0 Å². The molecule has 0 radical (unpaired) electrons. The molecule has 18 heavy (non-hydrogen) atoms. The fourth-order valence-corrected chi connectivity index (χ4v) is 2.15. The van der Waals surface area contributed by atoms with Gasteiger partial charge in [0.25, 0.3) is 0 Å². The number of hydrogen-bond donors (Lipinski definition) is 1. The number of hydrogen-bond acceptors (Lipinski definition) is 3. The summed E-state index contributed by atoms with van der Waals surface area (Å²) in [4.78, 5) is 8.38. The molecule has 0 spiro atoms. The van der Waals surface area contributed by atoms with Crippen LogP contribution < -0.4 is 5.73 Å². The topological polar surface area (TPSA) is 51.8 Å². The van der Waals surface area contributed by atoms with Crippen LogP contribution in [0, 0.1) is 0 Å². The number of anilines is 1. The normalized spacial score (nSPS) is 10.6. The van der Waals surface area contributed by atoms with E-state index in [2.05, 4.69) is 16.9 Å². The monoisotopic (exact) mass is 261 g/mol. The number of nitrogens with two attached hydrogens (primary N) is 1. The lowest BCUT2D eigenvalue weighted by Crippen LogP contribution is -2.03. The molecule has 0 aliphatic rings. The van der Waals surface area contributed by atoms with Gasteiger partial charge in [-0.3, -0.25) is 0 Å². The van der Waals surface area contributed by atoms with Crippen LogP contribution in [0.3, 0.4) is 0 Å². The molecule has 2 rings (SSSR count). The second kappa shape index (κ2) is 5.83. The minimum Gasteiger partial charge on any atom is -0.368 e. The highest BCUT2D eigenvalue weighted by Gasteiger charge is 2.13. The zero-order chi connectivity index (χ0) is 13.0. The van der Waals surface area contributed by atoms with Crippen molar-refractivity contribution in [3.8, 4) is 11.3 Å². The Morgan fingerprint density at radius 1 is 1.17 bits per heavy atom. The molecule has 0 fully saturated rings. The van der Waals surface area contributed by atoms with Crippen molar-refractivity contribution in [1.82, 2.24) is 9.97 Å². The first-order valence-corrected chi connectivity index (χ1v) is 6.47. The highest BCUT2D eigenvalue weighted by Crippen LogP contribution is 2.28. The summed E-state index contributed by atoms with van der Waals surface area (Å²) in [5.74, 6) is 0.221. The van der Waals surface area contributed by atoms with Crippen LogP contribution in [0.4, 0.5) is 5.95 Å². The zero-order valence-electron chi connectivity index (χ0n) is 10.4. The van der Waals surface area contributed by atoms with Crippen molar-refractivity contribution in [1.29, 1.82) is 0 Å². The summed E-state index contributed by atoms with van der Waals surface area (Å²) in [6.45, 7) is 2.15. The van der Waals surface area contributed by atoms with Gasteiger partial charge in [-0.25, -0.2) is 9.97 Å². The molecule has 0 aliphatic carbocycles. The van der Waals surface area contributed by atoms with Crippen molar-refractivity contribution in [3.05, 3.63) is 41.0 Å². The molecule has 2 N–H and O–H groups in total. The lowest BCUT2D eigenvalue weighted by atomic mass is 10.0. The van der Waals surface area contributed by atoms with Crippen molar-refractivity contribution in [2.75, 3.05) is 5.73 Å². The van der Waals surface area contributed by atoms with Gasteiger partial charge >= 0.3 is 0 Å². The van der Waals surface area contributed by atoms with Gasteiger partial charge in [-0.2, -0.15) is 0 Å². The van der Waals surface area contributed by atoms with Gasteiger partial charge in [-0.15, -0.1) is 0 Å². The van der Waals surface area contributed by atoms with Crippen molar-refractivity contribution >= 4 is 17.5 Å². The fraction of sp³-hybridized carbons (Fsp3) is 0.286. The fourth-order valence-electron chi connectivity index (χ4n) is 1.88. The van der Waals surface area contributed by atoms with E-state index in [1.807, 2.05) is 30.3 Å². The van der Waals surface area contributed by atoms with Crippen LogP contribution in [0.25, 0.3) is 11.3 Å². The SMILES string of the molecule is CCCCc1c(Cl)nc(N)nc1-c1ccccc1. The van der Waals surface area contributed by atoms with Gasteiger partial charge in [-0.05, 0) is 12.8 Å². The van der Waals surface area contributed by atoms with Gasteiger partial charge in [0.1, 0.15) is 5.15 Å². The number of unbranched alkanes of at least 4 members (excludes halogenated alkanes) is 1. The largest absolute Gasteiger partial charge is 0.368 e. The molecule has 0 aliphatic heterocycles. The summed E-state index contributed by atoms with van der Waals surface area (Å²) < 4.78 is 0. The minimum atomic E-state index is 0.221. The van der Waals surface area contributed by atoms with Crippen molar-refractivity contribution in [2.24, 2.45) is 0 Å². The van der Waals surface area contributed by atoms with Crippen LogP contribution in [0.2, 0.25) is 5.15 Å². The zero-order valence-corrected chi connectivity index (χ0v) is 11.1. The van der Waals surface area contributed by atoms with Crippen LogP contribution >= 0.6 is 11.6 Å². The summed E-state index contributed by atoms with van der Waals surface area (Å²) >= 11 is 6.19. The van der Waals surface area contributed by atoms with Gasteiger partial charge in [-0.1, -0.05) is 55.3 Å². The highest BCUT2D eigenvalue weighted by molar-refractivity contribution is 6.30. The molecule has 94 valence electrons. The first kappa shape index (κ1) is 12.8. The molecule has 1 heterocycles. The second-order valence-electron chi connectivity index (χ2n) is 4.17. The van der Waals surface area contributed by atoms with E-state index in [4.69, 9.17) is 17.3 Å². The number of nitrogens with zero attached hydrogens (tertiary/aromatic N) is 2. The maximum absolute atomic E-state index is 6.19. The molecule has 3 nitrogen and oxygen atoms in total. The number of halogens is 1.